The highest BCUT2D eigenvalue weighted by Crippen LogP contribution is 2.22. The van der Waals surface area contributed by atoms with Crippen LogP contribution in [0, 0.1) is 0 Å². The molecule has 0 aliphatic rings. The van der Waals surface area contributed by atoms with Crippen molar-refractivity contribution in [3.63, 3.8) is 0 Å². The van der Waals surface area contributed by atoms with E-state index in [1.165, 1.54) is 0 Å². The largest absolute Gasteiger partial charge is 0.393 e. The molecule has 0 atom stereocenters. The van der Waals surface area contributed by atoms with Crippen LogP contribution < -0.4 is 0 Å². The van der Waals surface area contributed by atoms with Gasteiger partial charge in [-0.25, -0.2) is 4.79 Å². The summed E-state index contributed by atoms with van der Waals surface area (Å²) in [4.78, 5) is 10.6. The number of hydrogen-bond donors (Lipinski definition) is 4. The second-order valence-electron chi connectivity index (χ2n) is 1.35. The van der Waals surface area contributed by atoms with Gasteiger partial charge in [-0.2, -0.15) is 12.6 Å². The van der Waals surface area contributed by atoms with E-state index in [0.717, 1.165) is 0 Å². The van der Waals surface area contributed by atoms with Gasteiger partial charge in [-0.15, -0.1) is 25.3 Å². The Balaban J connectivity index is 3.97. The Kier molecular flexibility index (Phi) is 4.28. The highest BCUT2D eigenvalue weighted by atomic mass is 32.2. The van der Waals surface area contributed by atoms with Crippen molar-refractivity contribution >= 4 is 56.8 Å². The molecule has 0 aromatic rings. The zero-order valence-electron chi connectivity index (χ0n) is 4.31. The van der Waals surface area contributed by atoms with Crippen LogP contribution in [0.5, 0.6) is 0 Å². The van der Waals surface area contributed by atoms with Gasteiger partial charge in [-0.05, 0) is 0 Å². The molecule has 54 valence electrons. The maximum absolute atomic E-state index is 10.6. The van der Waals surface area contributed by atoms with Crippen molar-refractivity contribution in [1.29, 1.82) is 0 Å². The van der Waals surface area contributed by atoms with Crippen LogP contribution >= 0.6 is 50.8 Å². The van der Waals surface area contributed by atoms with E-state index in [1.54, 1.807) is 0 Å². The third kappa shape index (κ3) is 2.97. The van der Waals surface area contributed by atoms with Gasteiger partial charge in [0.05, 0.1) is 0 Å². The smallest absolute Gasteiger partial charge is 0.344 e. The fourth-order valence-corrected chi connectivity index (χ4v) is 0.658. The van der Waals surface area contributed by atoms with Crippen molar-refractivity contribution < 1.29 is 8.98 Å². The van der Waals surface area contributed by atoms with E-state index in [2.05, 4.69) is 55.0 Å². The van der Waals surface area contributed by atoms with Crippen LogP contribution in [0.4, 0.5) is 0 Å². The topological polar surface area (TPSA) is 26.3 Å². The lowest BCUT2D eigenvalue weighted by molar-refractivity contribution is -0.132. The van der Waals surface area contributed by atoms with Gasteiger partial charge in [-0.1, -0.05) is 0 Å². The molecule has 0 saturated carbocycles. The van der Waals surface area contributed by atoms with Crippen LogP contribution in [0.2, 0.25) is 0 Å². The summed E-state index contributed by atoms with van der Waals surface area (Å²) in [5.74, 6) is -0.425. The summed E-state index contributed by atoms with van der Waals surface area (Å²) in [7, 11) is 0. The van der Waals surface area contributed by atoms with Gasteiger partial charge in [0.1, 0.15) is 0 Å². The lowest BCUT2D eigenvalue weighted by Crippen LogP contribution is -2.28. The van der Waals surface area contributed by atoms with Crippen molar-refractivity contribution in [3.8, 4) is 0 Å². The van der Waals surface area contributed by atoms with E-state index in [9.17, 15) is 4.79 Å². The Labute approximate surface area is 75.6 Å². The Bertz CT molecular complexity index is 112. The number of rotatable bonds is 2. The molecule has 0 fully saturated rings. The fourth-order valence-electron chi connectivity index (χ4n) is 0.138. The Hall–Kier alpha value is 0.870. The van der Waals surface area contributed by atoms with Crippen LogP contribution in [-0.4, -0.2) is 15.8 Å². The van der Waals surface area contributed by atoms with Gasteiger partial charge in [0.15, 0.2) is 4.08 Å². The van der Waals surface area contributed by atoms with Crippen LogP contribution in [0.3, 0.4) is 0 Å². The van der Waals surface area contributed by atoms with Gasteiger partial charge in [-0.3, -0.25) is 0 Å². The highest BCUT2D eigenvalue weighted by molar-refractivity contribution is 8.03. The lowest BCUT2D eigenvalue weighted by atomic mass is 10.5. The summed E-state index contributed by atoms with van der Waals surface area (Å²) in [6, 6.07) is 0. The fraction of sp³-hybridized carbons (Fsp3) is 0.667. The first-order valence-corrected chi connectivity index (χ1v) is 3.85. The van der Waals surface area contributed by atoms with E-state index < -0.39 is 10.0 Å². The summed E-state index contributed by atoms with van der Waals surface area (Å²) in [6.45, 7) is 0. The quantitative estimate of drug-likeness (QED) is 0.304. The van der Waals surface area contributed by atoms with E-state index in [1.807, 2.05) is 0 Å². The first kappa shape index (κ1) is 9.87. The van der Waals surface area contributed by atoms with Crippen molar-refractivity contribution in [1.82, 2.24) is 0 Å². The predicted octanol–water partition coefficient (Wildman–Crippen LogP) is 0.860. The van der Waals surface area contributed by atoms with Gasteiger partial charge in [0, 0.05) is 18.7 Å². The van der Waals surface area contributed by atoms with Gasteiger partial charge in [0.25, 0.3) is 0 Å². The molecule has 0 aliphatic carbocycles. The molecule has 0 unspecified atom stereocenters. The maximum Gasteiger partial charge on any atom is 0.344 e. The number of carbonyl (C=O) groups excluding carboxylic acids is 1. The molecule has 0 bridgehead atoms. The number of thiol groups is 4. The molecule has 0 aliphatic heterocycles. The first-order valence-electron chi connectivity index (χ1n) is 1.96. The Morgan fingerprint density at radius 3 is 2.11 bits per heavy atom. The molecule has 0 heterocycles. The van der Waals surface area contributed by atoms with Crippen molar-refractivity contribution in [2.75, 3.05) is 5.75 Å². The molecule has 0 rings (SSSR count). The molecule has 0 aromatic carbocycles. The number of carbonyl (C=O) groups is 1. The van der Waals surface area contributed by atoms with Crippen molar-refractivity contribution in [2.45, 2.75) is 4.08 Å². The minimum atomic E-state index is -1.13. The molecular formula is C3H6O2S4. The zero-order valence-corrected chi connectivity index (χ0v) is 7.89. The molecule has 0 amide bonds. The second-order valence-corrected chi connectivity index (χ2v) is 3.73. The van der Waals surface area contributed by atoms with Gasteiger partial charge < -0.3 is 4.18 Å². The minimum absolute atomic E-state index is 0.193. The van der Waals surface area contributed by atoms with Crippen molar-refractivity contribution in [2.24, 2.45) is 0 Å². The van der Waals surface area contributed by atoms with E-state index in [-0.39, 0.29) is 5.75 Å². The lowest BCUT2D eigenvalue weighted by Gasteiger charge is -2.14. The predicted molar refractivity (Wildman–Crippen MR) is 49.6 cm³/mol. The van der Waals surface area contributed by atoms with Crippen LogP contribution in [-0.2, 0) is 8.98 Å². The zero-order chi connectivity index (χ0) is 7.49. The summed E-state index contributed by atoms with van der Waals surface area (Å²) < 4.78 is 2.93. The van der Waals surface area contributed by atoms with E-state index >= 15 is 0 Å². The minimum Gasteiger partial charge on any atom is -0.393 e. The SMILES string of the molecule is O=C(OS)C(S)(S)CS. The molecule has 6 heteroatoms. The van der Waals surface area contributed by atoms with Crippen molar-refractivity contribution in [3.05, 3.63) is 0 Å². The average molecular weight is 202 g/mol. The highest BCUT2D eigenvalue weighted by Gasteiger charge is 2.29. The van der Waals surface area contributed by atoms with Crippen LogP contribution in [0.1, 0.15) is 0 Å². The summed E-state index contributed by atoms with van der Waals surface area (Å²) in [5.41, 5.74) is 0. The third-order valence-electron chi connectivity index (χ3n) is 0.630. The second kappa shape index (κ2) is 3.90. The van der Waals surface area contributed by atoms with Crippen LogP contribution in [0.25, 0.3) is 0 Å². The molecule has 0 N–H and O–H groups in total. The molecule has 0 aromatic heterocycles. The Morgan fingerprint density at radius 2 is 2.00 bits per heavy atom. The summed E-state index contributed by atoms with van der Waals surface area (Å²) in [5, 5.41) is 0. The third-order valence-corrected chi connectivity index (χ3v) is 2.45. The van der Waals surface area contributed by atoms with Crippen LogP contribution in [0.15, 0.2) is 0 Å². The molecule has 2 nitrogen and oxygen atoms in total. The first-order chi connectivity index (χ1) is 4.04. The molecule has 0 saturated heterocycles. The Morgan fingerprint density at radius 1 is 1.56 bits per heavy atom. The molecule has 0 spiro atoms. The van der Waals surface area contributed by atoms with E-state index in [4.69, 9.17) is 0 Å². The standard InChI is InChI=1S/C3H6O2S4/c4-2(5-9)3(7,8)1-6/h6-9H,1H2. The maximum atomic E-state index is 10.6. The molecule has 0 radical (unpaired) electrons. The molecule has 9 heavy (non-hydrogen) atoms. The number of hydrogen-bond acceptors (Lipinski definition) is 6. The van der Waals surface area contributed by atoms with Gasteiger partial charge in [0.2, 0.25) is 0 Å². The average Bonchev–Trinajstić information content (AvgIpc) is 1.86. The van der Waals surface area contributed by atoms with Gasteiger partial charge >= 0.3 is 5.97 Å². The molecular weight excluding hydrogens is 196 g/mol. The monoisotopic (exact) mass is 202 g/mol. The summed E-state index contributed by atoms with van der Waals surface area (Å²) in [6.07, 6.45) is 0. The van der Waals surface area contributed by atoms with E-state index in [0.29, 0.717) is 0 Å². The summed E-state index contributed by atoms with van der Waals surface area (Å²) >= 11 is 14.7. The normalized spacial score (nSPS) is 11.1.